The van der Waals surface area contributed by atoms with Gasteiger partial charge in [0.2, 0.25) is 5.88 Å². The number of ether oxygens (including phenoxy) is 2. The molecule has 0 aliphatic carbocycles. The van der Waals surface area contributed by atoms with Crippen LogP contribution in [0.15, 0.2) is 6.07 Å². The van der Waals surface area contributed by atoms with E-state index < -0.39 is 0 Å². The van der Waals surface area contributed by atoms with Gasteiger partial charge in [-0.15, -0.1) is 0 Å². The molecule has 4 nitrogen and oxygen atoms in total. The fourth-order valence-corrected chi connectivity index (χ4v) is 1.47. The molecule has 0 spiro atoms. The number of aromatic nitrogens is 2. The maximum absolute atomic E-state index is 5.98. The van der Waals surface area contributed by atoms with Crippen LogP contribution in [0.5, 0.6) is 5.88 Å². The van der Waals surface area contributed by atoms with Crippen LogP contribution in [-0.2, 0) is 10.2 Å². The van der Waals surface area contributed by atoms with Crippen molar-refractivity contribution in [3.05, 3.63) is 17.0 Å². The maximum Gasteiger partial charge on any atom is 0.218 e. The average molecular weight is 287 g/mol. The van der Waals surface area contributed by atoms with E-state index in [4.69, 9.17) is 21.1 Å². The summed E-state index contributed by atoms with van der Waals surface area (Å²) < 4.78 is 11.1. The second kappa shape index (κ2) is 6.06. The number of hydrogen-bond acceptors (Lipinski definition) is 4. The molecule has 0 saturated carbocycles. The van der Waals surface area contributed by atoms with E-state index in [2.05, 4.69) is 9.97 Å². The molecule has 1 rings (SSSR count). The van der Waals surface area contributed by atoms with E-state index in [1.165, 1.54) is 0 Å². The van der Waals surface area contributed by atoms with Crippen molar-refractivity contribution in [2.75, 3.05) is 13.2 Å². The van der Waals surface area contributed by atoms with Crippen LogP contribution in [0.25, 0.3) is 0 Å². The second-order valence-corrected chi connectivity index (χ2v) is 6.80. The van der Waals surface area contributed by atoms with Gasteiger partial charge in [-0.2, -0.15) is 4.98 Å². The minimum absolute atomic E-state index is 0.162. The monoisotopic (exact) mass is 286 g/mol. The molecule has 1 aromatic rings. The Labute approximate surface area is 120 Å². The van der Waals surface area contributed by atoms with Crippen LogP contribution in [0.1, 0.15) is 47.4 Å². The van der Waals surface area contributed by atoms with Gasteiger partial charge in [0.1, 0.15) is 17.6 Å². The summed E-state index contributed by atoms with van der Waals surface area (Å²) in [4.78, 5) is 8.58. The van der Waals surface area contributed by atoms with Crippen LogP contribution in [0, 0.1) is 0 Å². The Kier molecular flexibility index (Phi) is 5.16. The Morgan fingerprint density at radius 3 is 2.21 bits per heavy atom. The zero-order chi connectivity index (χ0) is 14.7. The largest absolute Gasteiger partial charge is 0.475 e. The summed E-state index contributed by atoms with van der Waals surface area (Å²) in [6.07, 6.45) is 0. The van der Waals surface area contributed by atoms with Crippen molar-refractivity contribution in [3.63, 3.8) is 0 Å². The Morgan fingerprint density at radius 1 is 1.05 bits per heavy atom. The van der Waals surface area contributed by atoms with Gasteiger partial charge in [0.25, 0.3) is 0 Å². The number of nitrogens with zero attached hydrogens (tertiary/aromatic N) is 2. The molecule has 0 N–H and O–H groups in total. The maximum atomic E-state index is 5.98. The van der Waals surface area contributed by atoms with Crippen LogP contribution in [0.2, 0.25) is 5.15 Å². The summed E-state index contributed by atoms with van der Waals surface area (Å²) in [5.41, 5.74) is -0.325. The molecule has 0 aliphatic rings. The third kappa shape index (κ3) is 6.21. The van der Waals surface area contributed by atoms with E-state index in [0.29, 0.717) is 30.1 Å². The minimum Gasteiger partial charge on any atom is -0.475 e. The van der Waals surface area contributed by atoms with Crippen LogP contribution < -0.4 is 4.74 Å². The van der Waals surface area contributed by atoms with Crippen molar-refractivity contribution < 1.29 is 9.47 Å². The molecule has 0 aliphatic heterocycles. The van der Waals surface area contributed by atoms with E-state index in [0.717, 1.165) is 0 Å². The lowest BCUT2D eigenvalue weighted by Gasteiger charge is -2.20. The first-order valence-electron chi connectivity index (χ1n) is 6.40. The first kappa shape index (κ1) is 16.2. The fraction of sp³-hybridized carbons (Fsp3) is 0.714. The van der Waals surface area contributed by atoms with Crippen LogP contribution in [0.3, 0.4) is 0 Å². The SMILES string of the molecule is CC(C)(C)OCCOc1cc(Cl)nc(C(C)(C)C)n1. The summed E-state index contributed by atoms with van der Waals surface area (Å²) in [7, 11) is 0. The summed E-state index contributed by atoms with van der Waals surface area (Å²) in [6.45, 7) is 13.1. The van der Waals surface area contributed by atoms with Crippen LogP contribution in [0.4, 0.5) is 0 Å². The molecule has 108 valence electrons. The average Bonchev–Trinajstić information content (AvgIpc) is 2.21. The van der Waals surface area contributed by atoms with E-state index in [9.17, 15) is 0 Å². The fourth-order valence-electron chi connectivity index (χ4n) is 1.30. The molecular weight excluding hydrogens is 264 g/mol. The summed E-state index contributed by atoms with van der Waals surface area (Å²) in [5.74, 6) is 1.16. The van der Waals surface area contributed by atoms with Gasteiger partial charge in [-0.25, -0.2) is 4.98 Å². The van der Waals surface area contributed by atoms with Gasteiger partial charge in [-0.1, -0.05) is 32.4 Å². The summed E-state index contributed by atoms with van der Waals surface area (Å²) in [5, 5.41) is 0.395. The van der Waals surface area contributed by atoms with Crippen molar-refractivity contribution in [2.45, 2.75) is 52.6 Å². The number of halogens is 1. The van der Waals surface area contributed by atoms with Gasteiger partial charge in [-0.3, -0.25) is 0 Å². The first-order valence-corrected chi connectivity index (χ1v) is 6.77. The predicted molar refractivity (Wildman–Crippen MR) is 76.9 cm³/mol. The Morgan fingerprint density at radius 2 is 1.68 bits per heavy atom. The van der Waals surface area contributed by atoms with Gasteiger partial charge in [0.15, 0.2) is 0 Å². The van der Waals surface area contributed by atoms with E-state index in [1.807, 2.05) is 41.5 Å². The molecular formula is C14H23ClN2O2. The van der Waals surface area contributed by atoms with Crippen LogP contribution >= 0.6 is 11.6 Å². The summed E-state index contributed by atoms with van der Waals surface area (Å²) in [6, 6.07) is 1.62. The van der Waals surface area contributed by atoms with Crippen LogP contribution in [-0.4, -0.2) is 28.8 Å². The lowest BCUT2D eigenvalue weighted by atomic mass is 9.96. The molecule has 0 saturated heterocycles. The van der Waals surface area contributed by atoms with Gasteiger partial charge in [0.05, 0.1) is 12.2 Å². The number of hydrogen-bond donors (Lipinski definition) is 0. The van der Waals surface area contributed by atoms with E-state index >= 15 is 0 Å². The smallest absolute Gasteiger partial charge is 0.218 e. The highest BCUT2D eigenvalue weighted by atomic mass is 35.5. The van der Waals surface area contributed by atoms with E-state index in [-0.39, 0.29) is 11.0 Å². The van der Waals surface area contributed by atoms with Crippen molar-refractivity contribution in [2.24, 2.45) is 0 Å². The predicted octanol–water partition coefficient (Wildman–Crippen LogP) is 3.62. The quantitative estimate of drug-likeness (QED) is 0.626. The lowest BCUT2D eigenvalue weighted by molar-refractivity contribution is -0.0168. The zero-order valence-corrected chi connectivity index (χ0v) is 13.3. The van der Waals surface area contributed by atoms with Gasteiger partial charge >= 0.3 is 0 Å². The Hall–Kier alpha value is -0.870. The molecule has 0 amide bonds. The highest BCUT2D eigenvalue weighted by Gasteiger charge is 2.19. The number of rotatable bonds is 4. The molecule has 0 radical (unpaired) electrons. The topological polar surface area (TPSA) is 44.2 Å². The molecule has 0 aromatic carbocycles. The highest BCUT2D eigenvalue weighted by Crippen LogP contribution is 2.23. The Balaban J connectivity index is 2.62. The molecule has 5 heteroatoms. The molecule has 1 aromatic heterocycles. The molecule has 0 fully saturated rings. The zero-order valence-electron chi connectivity index (χ0n) is 12.6. The third-order valence-electron chi connectivity index (χ3n) is 2.21. The van der Waals surface area contributed by atoms with Gasteiger partial charge in [-0.05, 0) is 20.8 Å². The normalized spacial score (nSPS) is 12.6. The second-order valence-electron chi connectivity index (χ2n) is 6.41. The molecule has 1 heterocycles. The highest BCUT2D eigenvalue weighted by molar-refractivity contribution is 6.29. The minimum atomic E-state index is -0.163. The standard InChI is InChI=1S/C14H23ClN2O2/c1-13(2,3)12-16-10(15)9-11(17-12)18-7-8-19-14(4,5)6/h9H,7-8H2,1-6H3. The Bertz CT molecular complexity index is 422. The molecule has 0 unspecified atom stereocenters. The van der Waals surface area contributed by atoms with Gasteiger partial charge < -0.3 is 9.47 Å². The molecule has 0 atom stereocenters. The molecule has 0 bridgehead atoms. The van der Waals surface area contributed by atoms with Crippen molar-refractivity contribution in [3.8, 4) is 5.88 Å². The first-order chi connectivity index (χ1) is 8.58. The summed E-state index contributed by atoms with van der Waals surface area (Å²) >= 11 is 5.98. The third-order valence-corrected chi connectivity index (χ3v) is 2.40. The molecule has 19 heavy (non-hydrogen) atoms. The van der Waals surface area contributed by atoms with Crippen molar-refractivity contribution >= 4 is 11.6 Å². The van der Waals surface area contributed by atoms with Gasteiger partial charge in [0, 0.05) is 11.5 Å². The van der Waals surface area contributed by atoms with Crippen molar-refractivity contribution in [1.82, 2.24) is 9.97 Å². The van der Waals surface area contributed by atoms with Crippen molar-refractivity contribution in [1.29, 1.82) is 0 Å². The van der Waals surface area contributed by atoms with E-state index in [1.54, 1.807) is 6.07 Å². The lowest BCUT2D eigenvalue weighted by Crippen LogP contribution is -2.23.